The number of hydrogen-bond donors (Lipinski definition) is 0. The Hall–Kier alpha value is -3.64. The highest BCUT2D eigenvalue weighted by Gasteiger charge is 2.26. The van der Waals surface area contributed by atoms with Crippen molar-refractivity contribution in [1.29, 1.82) is 0 Å². The molecule has 31 heavy (non-hydrogen) atoms. The number of aliphatic imine (C=N–C) groups is 1. The quantitative estimate of drug-likeness (QED) is 0.382. The summed E-state index contributed by atoms with van der Waals surface area (Å²) in [5, 5.41) is 0.431. The van der Waals surface area contributed by atoms with Gasteiger partial charge in [-0.2, -0.15) is 0 Å². The SMILES string of the molecule is COc1cccc(/C=C2\N=C(c3ccccc3Cl)OC2=O)c1OCc1ccc(F)cc1. The Labute approximate surface area is 183 Å². The fourth-order valence-corrected chi connectivity index (χ4v) is 3.22. The lowest BCUT2D eigenvalue weighted by atomic mass is 10.1. The van der Waals surface area contributed by atoms with E-state index in [1.165, 1.54) is 19.2 Å². The summed E-state index contributed by atoms with van der Waals surface area (Å²) in [6.45, 7) is 0.190. The molecule has 156 valence electrons. The van der Waals surface area contributed by atoms with Crippen LogP contribution in [-0.4, -0.2) is 19.0 Å². The third kappa shape index (κ3) is 4.59. The second kappa shape index (κ2) is 9.02. The van der Waals surface area contributed by atoms with Crippen molar-refractivity contribution in [2.24, 2.45) is 4.99 Å². The molecule has 0 bridgehead atoms. The number of benzene rings is 3. The molecule has 0 radical (unpaired) electrons. The average Bonchev–Trinajstić information content (AvgIpc) is 3.14. The molecule has 0 saturated heterocycles. The lowest BCUT2D eigenvalue weighted by Gasteiger charge is -2.13. The molecule has 0 amide bonds. The van der Waals surface area contributed by atoms with Crippen molar-refractivity contribution >= 4 is 29.5 Å². The monoisotopic (exact) mass is 437 g/mol. The summed E-state index contributed by atoms with van der Waals surface area (Å²) in [6, 6.07) is 18.3. The number of nitrogens with zero attached hydrogens (tertiary/aromatic N) is 1. The van der Waals surface area contributed by atoms with E-state index in [-0.39, 0.29) is 24.0 Å². The van der Waals surface area contributed by atoms with E-state index in [1.54, 1.807) is 60.7 Å². The van der Waals surface area contributed by atoms with E-state index in [2.05, 4.69) is 4.99 Å². The van der Waals surface area contributed by atoms with Gasteiger partial charge in [0.1, 0.15) is 12.4 Å². The van der Waals surface area contributed by atoms with Gasteiger partial charge in [0.25, 0.3) is 0 Å². The number of hydrogen-bond acceptors (Lipinski definition) is 5. The molecule has 0 aliphatic carbocycles. The zero-order chi connectivity index (χ0) is 21.8. The van der Waals surface area contributed by atoms with Crippen molar-refractivity contribution in [3.05, 3.63) is 100.0 Å². The van der Waals surface area contributed by atoms with Crippen molar-refractivity contribution in [2.75, 3.05) is 7.11 Å². The maximum atomic E-state index is 13.1. The molecule has 5 nitrogen and oxygen atoms in total. The van der Waals surface area contributed by atoms with E-state index in [0.29, 0.717) is 27.6 Å². The zero-order valence-electron chi connectivity index (χ0n) is 16.5. The Bertz CT molecular complexity index is 1190. The van der Waals surface area contributed by atoms with Gasteiger partial charge in [0.15, 0.2) is 17.2 Å². The van der Waals surface area contributed by atoms with Gasteiger partial charge in [0.2, 0.25) is 5.90 Å². The van der Waals surface area contributed by atoms with Crippen LogP contribution in [0.25, 0.3) is 6.08 Å². The highest BCUT2D eigenvalue weighted by Crippen LogP contribution is 2.34. The van der Waals surface area contributed by atoms with Gasteiger partial charge in [-0.1, -0.05) is 48.0 Å². The summed E-state index contributed by atoms with van der Waals surface area (Å²) < 4.78 is 29.8. The van der Waals surface area contributed by atoms with E-state index >= 15 is 0 Å². The maximum Gasteiger partial charge on any atom is 0.363 e. The molecule has 1 heterocycles. The number of methoxy groups -OCH3 is 1. The number of para-hydroxylation sites is 1. The molecule has 1 aliphatic rings. The second-order valence-corrected chi connectivity index (χ2v) is 7.02. The van der Waals surface area contributed by atoms with Crippen LogP contribution in [0.15, 0.2) is 77.4 Å². The first-order valence-electron chi connectivity index (χ1n) is 9.37. The summed E-state index contributed by atoms with van der Waals surface area (Å²) in [6.07, 6.45) is 1.56. The molecule has 0 unspecified atom stereocenters. The number of rotatable bonds is 6. The van der Waals surface area contributed by atoms with Gasteiger partial charge in [0, 0.05) is 5.56 Å². The summed E-state index contributed by atoms with van der Waals surface area (Å²) in [5.41, 5.74) is 2.00. The smallest absolute Gasteiger partial charge is 0.363 e. The minimum atomic E-state index is -0.595. The Morgan fingerprint density at radius 2 is 1.84 bits per heavy atom. The Balaban J connectivity index is 1.66. The lowest BCUT2D eigenvalue weighted by Crippen LogP contribution is -2.06. The molecular weight excluding hydrogens is 421 g/mol. The van der Waals surface area contributed by atoms with Crippen LogP contribution in [0.3, 0.4) is 0 Å². The highest BCUT2D eigenvalue weighted by molar-refractivity contribution is 6.34. The van der Waals surface area contributed by atoms with E-state index in [4.69, 9.17) is 25.8 Å². The predicted molar refractivity (Wildman–Crippen MR) is 116 cm³/mol. The number of esters is 1. The van der Waals surface area contributed by atoms with Crippen molar-refractivity contribution in [3.8, 4) is 11.5 Å². The number of ether oxygens (including phenoxy) is 3. The predicted octanol–water partition coefficient (Wildman–Crippen LogP) is 5.41. The fourth-order valence-electron chi connectivity index (χ4n) is 3.00. The second-order valence-electron chi connectivity index (χ2n) is 6.61. The van der Waals surface area contributed by atoms with Crippen molar-refractivity contribution in [1.82, 2.24) is 0 Å². The van der Waals surface area contributed by atoms with E-state index in [0.717, 1.165) is 5.56 Å². The van der Waals surface area contributed by atoms with Crippen LogP contribution < -0.4 is 9.47 Å². The minimum absolute atomic E-state index is 0.106. The molecular formula is C24H17ClFNO4. The normalized spacial score (nSPS) is 14.4. The van der Waals surface area contributed by atoms with Gasteiger partial charge in [0.05, 0.1) is 17.7 Å². The lowest BCUT2D eigenvalue weighted by molar-refractivity contribution is -0.129. The van der Waals surface area contributed by atoms with Crippen LogP contribution in [0.2, 0.25) is 5.02 Å². The maximum absolute atomic E-state index is 13.1. The number of carbonyl (C=O) groups excluding carboxylic acids is 1. The number of halogens is 2. The van der Waals surface area contributed by atoms with Crippen molar-refractivity contribution in [3.63, 3.8) is 0 Å². The van der Waals surface area contributed by atoms with Crippen LogP contribution in [-0.2, 0) is 16.1 Å². The summed E-state index contributed by atoms with van der Waals surface area (Å²) in [5.74, 6) is 0.133. The zero-order valence-corrected chi connectivity index (χ0v) is 17.2. The average molecular weight is 438 g/mol. The Morgan fingerprint density at radius 3 is 2.58 bits per heavy atom. The molecule has 0 fully saturated rings. The van der Waals surface area contributed by atoms with Crippen LogP contribution in [0.4, 0.5) is 4.39 Å². The molecule has 0 saturated carbocycles. The van der Waals surface area contributed by atoms with Crippen LogP contribution >= 0.6 is 11.6 Å². The number of carbonyl (C=O) groups is 1. The van der Waals surface area contributed by atoms with Gasteiger partial charge in [-0.25, -0.2) is 14.2 Å². The fraction of sp³-hybridized carbons (Fsp3) is 0.0833. The minimum Gasteiger partial charge on any atom is -0.493 e. The molecule has 3 aromatic carbocycles. The van der Waals surface area contributed by atoms with E-state index < -0.39 is 5.97 Å². The molecule has 3 aromatic rings. The molecule has 0 atom stereocenters. The van der Waals surface area contributed by atoms with Crippen LogP contribution in [0.1, 0.15) is 16.7 Å². The van der Waals surface area contributed by atoms with Crippen molar-refractivity contribution < 1.29 is 23.4 Å². The molecule has 0 spiro atoms. The molecule has 0 N–H and O–H groups in total. The molecule has 0 aromatic heterocycles. The van der Waals surface area contributed by atoms with Crippen molar-refractivity contribution in [2.45, 2.75) is 6.61 Å². The van der Waals surface area contributed by atoms with Crippen LogP contribution in [0.5, 0.6) is 11.5 Å². The van der Waals surface area contributed by atoms with Gasteiger partial charge >= 0.3 is 5.97 Å². The molecule has 7 heteroatoms. The first-order valence-corrected chi connectivity index (χ1v) is 9.74. The Kier molecular flexibility index (Phi) is 6.00. The summed E-state index contributed by atoms with van der Waals surface area (Å²) in [7, 11) is 1.52. The standard InChI is InChI=1S/C24H17ClFNO4/c1-29-21-8-4-5-16(22(21)30-14-15-9-11-17(26)12-10-15)13-20-24(28)31-23(27-20)18-6-2-3-7-19(18)25/h2-13H,14H2,1H3/b20-13-. The largest absolute Gasteiger partial charge is 0.493 e. The molecule has 1 aliphatic heterocycles. The third-order valence-electron chi connectivity index (χ3n) is 4.54. The van der Waals surface area contributed by atoms with E-state index in [1.807, 2.05) is 0 Å². The van der Waals surface area contributed by atoms with Gasteiger partial charge < -0.3 is 14.2 Å². The van der Waals surface area contributed by atoms with Gasteiger partial charge in [-0.15, -0.1) is 0 Å². The summed E-state index contributed by atoms with van der Waals surface area (Å²) in [4.78, 5) is 16.7. The van der Waals surface area contributed by atoms with Crippen LogP contribution in [0, 0.1) is 5.82 Å². The first kappa shape index (κ1) is 20.6. The van der Waals surface area contributed by atoms with E-state index in [9.17, 15) is 9.18 Å². The summed E-state index contributed by atoms with van der Waals surface area (Å²) >= 11 is 6.18. The van der Waals surface area contributed by atoms with Gasteiger partial charge in [-0.05, 0) is 42.0 Å². The first-order chi connectivity index (χ1) is 15.0. The third-order valence-corrected chi connectivity index (χ3v) is 4.87. The Morgan fingerprint density at radius 1 is 1.06 bits per heavy atom. The highest BCUT2D eigenvalue weighted by atomic mass is 35.5. The number of cyclic esters (lactones) is 1. The van der Waals surface area contributed by atoms with Gasteiger partial charge in [-0.3, -0.25) is 0 Å². The topological polar surface area (TPSA) is 57.1 Å². The molecule has 4 rings (SSSR count).